The van der Waals surface area contributed by atoms with Gasteiger partial charge in [-0.3, -0.25) is 0 Å². The largest absolute Gasteiger partial charge is 0.492 e. The smallest absolute Gasteiger partial charge is 0.162 e. The number of nitrogens with zero attached hydrogens (tertiary/aromatic N) is 1. The van der Waals surface area contributed by atoms with Crippen LogP contribution in [0.5, 0.6) is 5.75 Å². The average Bonchev–Trinajstić information content (AvgIpc) is 2.19. The number of hydrogen-bond acceptors (Lipinski definition) is 3. The van der Waals surface area contributed by atoms with Gasteiger partial charge in [-0.05, 0) is 6.07 Å². The monoisotopic (exact) mass is 199 g/mol. The van der Waals surface area contributed by atoms with E-state index in [2.05, 4.69) is 5.16 Å². The number of oxime groups is 1. The van der Waals surface area contributed by atoms with E-state index in [0.717, 1.165) is 12.1 Å². The van der Waals surface area contributed by atoms with Crippen molar-refractivity contribution in [1.29, 1.82) is 0 Å². The van der Waals surface area contributed by atoms with Gasteiger partial charge in [-0.25, -0.2) is 8.78 Å². The first-order chi connectivity index (χ1) is 6.72. The molecule has 0 atom stereocenters. The van der Waals surface area contributed by atoms with E-state index in [1.165, 1.54) is 0 Å². The molecule has 1 heterocycles. The number of halogens is 2. The molecule has 1 aliphatic heterocycles. The summed E-state index contributed by atoms with van der Waals surface area (Å²) < 4.78 is 30.7. The maximum atomic E-state index is 12.8. The molecule has 1 aromatic rings. The predicted octanol–water partition coefficient (Wildman–Crippen LogP) is 1.93. The fourth-order valence-corrected chi connectivity index (χ4v) is 1.37. The second kappa shape index (κ2) is 3.25. The Morgan fingerprint density at radius 1 is 1.29 bits per heavy atom. The standard InChI is InChI=1S/C9H7F2NO2/c10-6-3-5-8(12-13)1-2-14-9(5)4-7(6)11/h3-4,13H,1-2H2/b12-8-. The summed E-state index contributed by atoms with van der Waals surface area (Å²) in [6.45, 7) is 0.303. The van der Waals surface area contributed by atoms with Crippen molar-refractivity contribution in [2.75, 3.05) is 6.61 Å². The van der Waals surface area contributed by atoms with Crippen molar-refractivity contribution in [3.63, 3.8) is 0 Å². The van der Waals surface area contributed by atoms with Crippen LogP contribution < -0.4 is 4.74 Å². The molecule has 1 aliphatic rings. The average molecular weight is 199 g/mol. The van der Waals surface area contributed by atoms with Gasteiger partial charge >= 0.3 is 0 Å². The molecule has 3 nitrogen and oxygen atoms in total. The summed E-state index contributed by atoms with van der Waals surface area (Å²) in [6.07, 6.45) is 0.384. The maximum Gasteiger partial charge on any atom is 0.162 e. The first-order valence-electron chi connectivity index (χ1n) is 4.05. The fraction of sp³-hybridized carbons (Fsp3) is 0.222. The normalized spacial score (nSPS) is 17.7. The van der Waals surface area contributed by atoms with Crippen molar-refractivity contribution in [3.05, 3.63) is 29.3 Å². The van der Waals surface area contributed by atoms with Gasteiger partial charge in [0, 0.05) is 18.1 Å². The van der Waals surface area contributed by atoms with E-state index in [4.69, 9.17) is 9.94 Å². The minimum Gasteiger partial charge on any atom is -0.492 e. The zero-order chi connectivity index (χ0) is 10.1. The molecule has 2 rings (SSSR count). The van der Waals surface area contributed by atoms with Crippen LogP contribution in [0.15, 0.2) is 17.3 Å². The van der Waals surface area contributed by atoms with Crippen molar-refractivity contribution in [1.82, 2.24) is 0 Å². The zero-order valence-corrected chi connectivity index (χ0v) is 7.13. The van der Waals surface area contributed by atoms with Gasteiger partial charge in [-0.1, -0.05) is 5.16 Å². The van der Waals surface area contributed by atoms with Crippen LogP contribution >= 0.6 is 0 Å². The molecule has 0 unspecified atom stereocenters. The highest BCUT2D eigenvalue weighted by Crippen LogP contribution is 2.27. The van der Waals surface area contributed by atoms with E-state index in [0.29, 0.717) is 24.3 Å². The second-order valence-electron chi connectivity index (χ2n) is 2.91. The van der Waals surface area contributed by atoms with Crippen LogP contribution in [0.4, 0.5) is 8.78 Å². The lowest BCUT2D eigenvalue weighted by Crippen LogP contribution is -2.17. The molecule has 0 aromatic heterocycles. The molecule has 0 amide bonds. The maximum absolute atomic E-state index is 12.8. The second-order valence-corrected chi connectivity index (χ2v) is 2.91. The Labute approximate surface area is 78.6 Å². The number of fused-ring (bicyclic) bond motifs is 1. The van der Waals surface area contributed by atoms with Gasteiger partial charge in [0.1, 0.15) is 5.75 Å². The molecule has 0 saturated heterocycles. The van der Waals surface area contributed by atoms with E-state index < -0.39 is 11.6 Å². The van der Waals surface area contributed by atoms with Crippen molar-refractivity contribution in [3.8, 4) is 5.75 Å². The Hall–Kier alpha value is -1.65. The van der Waals surface area contributed by atoms with Crippen LogP contribution in [0.2, 0.25) is 0 Å². The Morgan fingerprint density at radius 2 is 2.00 bits per heavy atom. The summed E-state index contributed by atoms with van der Waals surface area (Å²) in [5, 5.41) is 11.6. The van der Waals surface area contributed by atoms with Crippen molar-refractivity contribution in [2.45, 2.75) is 6.42 Å². The fourth-order valence-electron chi connectivity index (χ4n) is 1.37. The van der Waals surface area contributed by atoms with Crippen molar-refractivity contribution < 1.29 is 18.7 Å². The molecule has 1 aromatic carbocycles. The van der Waals surface area contributed by atoms with Crippen LogP contribution in [0, 0.1) is 11.6 Å². The minimum absolute atomic E-state index is 0.211. The summed E-state index contributed by atoms with van der Waals surface area (Å²) in [5.74, 6) is -1.73. The lowest BCUT2D eigenvalue weighted by atomic mass is 10.0. The van der Waals surface area contributed by atoms with Gasteiger partial charge < -0.3 is 9.94 Å². The Balaban J connectivity index is 2.58. The Bertz CT molecular complexity index is 404. The van der Waals surface area contributed by atoms with Crippen LogP contribution in [-0.2, 0) is 0 Å². The number of ether oxygens (including phenoxy) is 1. The van der Waals surface area contributed by atoms with Gasteiger partial charge in [0.05, 0.1) is 12.3 Å². The lowest BCUT2D eigenvalue weighted by Gasteiger charge is -2.17. The zero-order valence-electron chi connectivity index (χ0n) is 7.13. The highest BCUT2D eigenvalue weighted by Gasteiger charge is 2.20. The van der Waals surface area contributed by atoms with E-state index in [9.17, 15) is 8.78 Å². The van der Waals surface area contributed by atoms with Crippen LogP contribution in [0.3, 0.4) is 0 Å². The summed E-state index contributed by atoms with van der Waals surface area (Å²) in [5.41, 5.74) is 0.614. The van der Waals surface area contributed by atoms with Crippen LogP contribution in [0.1, 0.15) is 12.0 Å². The Kier molecular flexibility index (Phi) is 2.07. The highest BCUT2D eigenvalue weighted by molar-refractivity contribution is 6.03. The molecule has 0 bridgehead atoms. The molecule has 0 spiro atoms. The highest BCUT2D eigenvalue weighted by atomic mass is 19.2. The molecule has 14 heavy (non-hydrogen) atoms. The predicted molar refractivity (Wildman–Crippen MR) is 44.8 cm³/mol. The molecular weight excluding hydrogens is 192 g/mol. The first-order valence-corrected chi connectivity index (χ1v) is 4.05. The van der Waals surface area contributed by atoms with Gasteiger partial charge in [-0.15, -0.1) is 0 Å². The lowest BCUT2D eigenvalue weighted by molar-refractivity contribution is 0.296. The molecule has 0 fully saturated rings. The third-order valence-electron chi connectivity index (χ3n) is 2.05. The molecule has 5 heteroatoms. The quantitative estimate of drug-likeness (QED) is 0.512. The molecular formula is C9H7F2NO2. The van der Waals surface area contributed by atoms with Crippen molar-refractivity contribution >= 4 is 5.71 Å². The third-order valence-corrected chi connectivity index (χ3v) is 2.05. The van der Waals surface area contributed by atoms with Gasteiger partial charge in [0.15, 0.2) is 11.6 Å². The number of hydrogen-bond donors (Lipinski definition) is 1. The molecule has 0 saturated carbocycles. The molecule has 1 N–H and O–H groups in total. The van der Waals surface area contributed by atoms with E-state index >= 15 is 0 Å². The number of rotatable bonds is 0. The Morgan fingerprint density at radius 3 is 2.71 bits per heavy atom. The molecule has 74 valence electrons. The van der Waals surface area contributed by atoms with E-state index in [1.54, 1.807) is 0 Å². The summed E-state index contributed by atoms with van der Waals surface area (Å²) >= 11 is 0. The molecule has 0 radical (unpaired) electrons. The molecule has 0 aliphatic carbocycles. The first kappa shape index (κ1) is 8.93. The number of benzene rings is 1. The van der Waals surface area contributed by atoms with Crippen LogP contribution in [-0.4, -0.2) is 17.5 Å². The van der Waals surface area contributed by atoms with Gasteiger partial charge in [-0.2, -0.15) is 0 Å². The minimum atomic E-state index is -0.976. The van der Waals surface area contributed by atoms with E-state index in [-0.39, 0.29) is 5.75 Å². The van der Waals surface area contributed by atoms with Gasteiger partial charge in [0.25, 0.3) is 0 Å². The third kappa shape index (κ3) is 1.30. The van der Waals surface area contributed by atoms with E-state index in [1.807, 2.05) is 0 Å². The SMILES string of the molecule is O/N=C1/CCOc2cc(F)c(F)cc21. The summed E-state index contributed by atoms with van der Waals surface area (Å²) in [7, 11) is 0. The summed E-state index contributed by atoms with van der Waals surface area (Å²) in [6, 6.07) is 1.92. The van der Waals surface area contributed by atoms with Crippen LogP contribution in [0.25, 0.3) is 0 Å². The van der Waals surface area contributed by atoms with Gasteiger partial charge in [0.2, 0.25) is 0 Å². The topological polar surface area (TPSA) is 41.8 Å². The van der Waals surface area contributed by atoms with Crippen molar-refractivity contribution in [2.24, 2.45) is 5.16 Å². The summed E-state index contributed by atoms with van der Waals surface area (Å²) in [4.78, 5) is 0.